The van der Waals surface area contributed by atoms with Gasteiger partial charge in [0.1, 0.15) is 17.9 Å². The van der Waals surface area contributed by atoms with Gasteiger partial charge in [0.05, 0.1) is 0 Å². The number of hydrogen-bond donors (Lipinski definition) is 2. The van der Waals surface area contributed by atoms with Crippen molar-refractivity contribution >= 4 is 22.5 Å². The normalized spacial score (nSPS) is 10.4. The average Bonchev–Trinajstić information content (AvgIpc) is 2.54. The highest BCUT2D eigenvalue weighted by Crippen LogP contribution is 2.27. The summed E-state index contributed by atoms with van der Waals surface area (Å²) in [6.07, 6.45) is 1.42. The van der Waals surface area contributed by atoms with Crippen LogP contribution in [0, 0.1) is 0 Å². The first-order valence-corrected chi connectivity index (χ1v) is 6.67. The number of aromatic nitrogens is 2. The minimum Gasteiger partial charge on any atom is -0.439 e. The van der Waals surface area contributed by atoms with Crippen LogP contribution in [-0.4, -0.2) is 22.9 Å². The van der Waals surface area contributed by atoms with Gasteiger partial charge in [-0.25, -0.2) is 9.97 Å². The predicted molar refractivity (Wildman–Crippen MR) is 84.1 cm³/mol. The second-order valence-corrected chi connectivity index (χ2v) is 4.65. The SMILES string of the molecule is CNc1cc(Oc2ccc3c(C(N)=O)cccc3c2)ncn1. The Labute approximate surface area is 127 Å². The van der Waals surface area contributed by atoms with Crippen LogP contribution in [0.5, 0.6) is 11.6 Å². The average molecular weight is 294 g/mol. The molecule has 0 aliphatic carbocycles. The minimum atomic E-state index is -0.450. The molecule has 6 heteroatoms. The van der Waals surface area contributed by atoms with Crippen LogP contribution in [0.4, 0.5) is 5.82 Å². The van der Waals surface area contributed by atoms with E-state index >= 15 is 0 Å². The van der Waals surface area contributed by atoms with Crippen molar-refractivity contribution < 1.29 is 9.53 Å². The van der Waals surface area contributed by atoms with Gasteiger partial charge in [-0.1, -0.05) is 12.1 Å². The fourth-order valence-electron chi connectivity index (χ4n) is 2.19. The smallest absolute Gasteiger partial charge is 0.249 e. The topological polar surface area (TPSA) is 90.1 Å². The number of amides is 1. The highest BCUT2D eigenvalue weighted by molar-refractivity contribution is 6.06. The molecule has 0 bridgehead atoms. The third kappa shape index (κ3) is 2.67. The first-order chi connectivity index (χ1) is 10.7. The molecule has 2 aromatic carbocycles. The fourth-order valence-corrected chi connectivity index (χ4v) is 2.19. The number of fused-ring (bicyclic) bond motifs is 1. The largest absolute Gasteiger partial charge is 0.439 e. The lowest BCUT2D eigenvalue weighted by Gasteiger charge is -2.08. The minimum absolute atomic E-state index is 0.435. The van der Waals surface area contributed by atoms with Gasteiger partial charge in [0, 0.05) is 18.7 Å². The Bertz CT molecular complexity index is 848. The molecule has 0 atom stereocenters. The maximum atomic E-state index is 11.4. The van der Waals surface area contributed by atoms with Gasteiger partial charge in [-0.05, 0) is 35.0 Å². The molecular weight excluding hydrogens is 280 g/mol. The van der Waals surface area contributed by atoms with E-state index in [0.717, 1.165) is 10.8 Å². The molecule has 0 fully saturated rings. The van der Waals surface area contributed by atoms with Crippen LogP contribution >= 0.6 is 0 Å². The molecule has 0 saturated carbocycles. The summed E-state index contributed by atoms with van der Waals surface area (Å²) in [5.74, 6) is 1.27. The van der Waals surface area contributed by atoms with Gasteiger partial charge in [-0.2, -0.15) is 0 Å². The van der Waals surface area contributed by atoms with E-state index in [0.29, 0.717) is 23.0 Å². The van der Waals surface area contributed by atoms with Crippen LogP contribution in [0.2, 0.25) is 0 Å². The molecule has 22 heavy (non-hydrogen) atoms. The van der Waals surface area contributed by atoms with Crippen LogP contribution in [0.3, 0.4) is 0 Å². The van der Waals surface area contributed by atoms with Crippen molar-refractivity contribution in [2.75, 3.05) is 12.4 Å². The Hall–Kier alpha value is -3.15. The molecule has 6 nitrogen and oxygen atoms in total. The summed E-state index contributed by atoms with van der Waals surface area (Å²) < 4.78 is 5.72. The van der Waals surface area contributed by atoms with E-state index in [9.17, 15) is 4.79 Å². The molecule has 0 unspecified atom stereocenters. The third-order valence-corrected chi connectivity index (χ3v) is 3.24. The molecule has 0 radical (unpaired) electrons. The van der Waals surface area contributed by atoms with E-state index < -0.39 is 5.91 Å². The van der Waals surface area contributed by atoms with Gasteiger partial charge in [0.2, 0.25) is 11.8 Å². The van der Waals surface area contributed by atoms with Crippen LogP contribution in [0.15, 0.2) is 48.8 Å². The summed E-state index contributed by atoms with van der Waals surface area (Å²) in [4.78, 5) is 19.5. The van der Waals surface area contributed by atoms with Crippen LogP contribution in [0.1, 0.15) is 10.4 Å². The molecule has 1 amide bonds. The van der Waals surface area contributed by atoms with Crippen molar-refractivity contribution in [1.29, 1.82) is 0 Å². The number of hydrogen-bond acceptors (Lipinski definition) is 5. The van der Waals surface area contributed by atoms with Crippen molar-refractivity contribution in [2.24, 2.45) is 5.73 Å². The van der Waals surface area contributed by atoms with Gasteiger partial charge < -0.3 is 15.8 Å². The van der Waals surface area contributed by atoms with Gasteiger partial charge in [0.25, 0.3) is 0 Å². The first-order valence-electron chi connectivity index (χ1n) is 6.67. The van der Waals surface area contributed by atoms with E-state index in [4.69, 9.17) is 10.5 Å². The quantitative estimate of drug-likeness (QED) is 0.771. The molecule has 3 aromatic rings. The molecule has 0 aliphatic heterocycles. The van der Waals surface area contributed by atoms with Crippen molar-refractivity contribution in [2.45, 2.75) is 0 Å². The number of rotatable bonds is 4. The van der Waals surface area contributed by atoms with Gasteiger partial charge in [-0.15, -0.1) is 0 Å². The lowest BCUT2D eigenvalue weighted by molar-refractivity contribution is 0.100. The van der Waals surface area contributed by atoms with Gasteiger partial charge >= 0.3 is 0 Å². The number of anilines is 1. The molecule has 3 N–H and O–H groups in total. The number of nitrogens with one attached hydrogen (secondary N) is 1. The zero-order valence-electron chi connectivity index (χ0n) is 11.9. The van der Waals surface area contributed by atoms with Crippen molar-refractivity contribution in [3.63, 3.8) is 0 Å². The maximum Gasteiger partial charge on any atom is 0.249 e. The second-order valence-electron chi connectivity index (χ2n) is 4.65. The standard InChI is InChI=1S/C16H14N4O2/c1-18-14-8-15(20-9-19-14)22-11-5-6-12-10(7-11)3-2-4-13(12)16(17)21/h2-9H,1H3,(H2,17,21)(H,18,19,20). The molecule has 3 rings (SSSR count). The predicted octanol–water partition coefficient (Wildman–Crippen LogP) is 2.56. The van der Waals surface area contributed by atoms with E-state index in [2.05, 4.69) is 15.3 Å². The molecule has 110 valence electrons. The summed E-state index contributed by atoms with van der Waals surface area (Å²) in [7, 11) is 1.77. The Morgan fingerprint density at radius 1 is 1.18 bits per heavy atom. The lowest BCUT2D eigenvalue weighted by atomic mass is 10.0. The Morgan fingerprint density at radius 3 is 2.82 bits per heavy atom. The molecular formula is C16H14N4O2. The van der Waals surface area contributed by atoms with Crippen molar-refractivity contribution in [1.82, 2.24) is 9.97 Å². The molecule has 1 aromatic heterocycles. The summed E-state index contributed by atoms with van der Waals surface area (Å²) in [6.45, 7) is 0. The highest BCUT2D eigenvalue weighted by Gasteiger charge is 2.08. The van der Waals surface area contributed by atoms with Crippen molar-refractivity contribution in [3.8, 4) is 11.6 Å². The molecule has 0 saturated heterocycles. The Kier molecular flexibility index (Phi) is 3.57. The van der Waals surface area contributed by atoms with E-state index in [1.165, 1.54) is 6.33 Å². The Balaban J connectivity index is 1.97. The Morgan fingerprint density at radius 2 is 2.05 bits per heavy atom. The molecule has 0 aliphatic rings. The summed E-state index contributed by atoms with van der Waals surface area (Å²) >= 11 is 0. The highest BCUT2D eigenvalue weighted by atomic mass is 16.5. The number of carbonyl (C=O) groups excluding carboxylic acids is 1. The van der Waals surface area contributed by atoms with Crippen LogP contribution < -0.4 is 15.8 Å². The van der Waals surface area contributed by atoms with Crippen LogP contribution in [0.25, 0.3) is 10.8 Å². The third-order valence-electron chi connectivity index (χ3n) is 3.24. The lowest BCUT2D eigenvalue weighted by Crippen LogP contribution is -2.11. The number of primary amides is 1. The summed E-state index contributed by atoms with van der Waals surface area (Å²) in [5, 5.41) is 4.58. The maximum absolute atomic E-state index is 11.4. The zero-order valence-corrected chi connectivity index (χ0v) is 11.9. The molecule has 0 spiro atoms. The number of nitrogens with two attached hydrogens (primary N) is 1. The number of nitrogens with zero attached hydrogens (tertiary/aromatic N) is 2. The van der Waals surface area contributed by atoms with Crippen molar-refractivity contribution in [3.05, 3.63) is 54.4 Å². The number of ether oxygens (including phenoxy) is 1. The number of benzene rings is 2. The first kappa shape index (κ1) is 13.8. The monoisotopic (exact) mass is 294 g/mol. The van der Waals surface area contributed by atoms with Gasteiger partial charge in [-0.3, -0.25) is 4.79 Å². The zero-order chi connectivity index (χ0) is 15.5. The van der Waals surface area contributed by atoms with E-state index in [-0.39, 0.29) is 0 Å². The molecule has 1 heterocycles. The summed E-state index contributed by atoms with van der Waals surface area (Å²) in [5.41, 5.74) is 5.87. The van der Waals surface area contributed by atoms with Gasteiger partial charge in [0.15, 0.2) is 0 Å². The second kappa shape index (κ2) is 5.69. The summed E-state index contributed by atoms with van der Waals surface area (Å²) in [6, 6.07) is 12.5. The van der Waals surface area contributed by atoms with Crippen LogP contribution in [-0.2, 0) is 0 Å². The fraction of sp³-hybridized carbons (Fsp3) is 0.0625. The van der Waals surface area contributed by atoms with E-state index in [1.54, 1.807) is 31.3 Å². The number of carbonyl (C=O) groups is 1. The van der Waals surface area contributed by atoms with E-state index in [1.807, 2.05) is 18.2 Å².